The van der Waals surface area contributed by atoms with Gasteiger partial charge in [-0.25, -0.2) is 0 Å². The number of fused-ring (bicyclic) bond motifs is 1. The van der Waals surface area contributed by atoms with Crippen molar-refractivity contribution in [1.29, 1.82) is 0 Å². The van der Waals surface area contributed by atoms with Crippen LogP contribution in [0.5, 0.6) is 0 Å². The molecular weight excluding hydrogens is 292 g/mol. The van der Waals surface area contributed by atoms with Crippen molar-refractivity contribution in [3.8, 4) is 0 Å². The lowest BCUT2D eigenvalue weighted by Gasteiger charge is -2.16. The zero-order valence-corrected chi connectivity index (χ0v) is 11.8. The van der Waals surface area contributed by atoms with Crippen LogP contribution in [-0.4, -0.2) is 30.9 Å². The van der Waals surface area contributed by atoms with E-state index in [2.05, 4.69) is 15.9 Å². The molecule has 0 fully saturated rings. The maximum Gasteiger partial charge on any atom is 0.253 e. The largest absolute Gasteiger partial charge is 0.340 e. The second-order valence-corrected chi connectivity index (χ2v) is 5.14. The van der Waals surface area contributed by atoms with E-state index in [0.29, 0.717) is 18.7 Å². The highest BCUT2D eigenvalue weighted by molar-refractivity contribution is 9.10. The Morgan fingerprint density at radius 3 is 2.61 bits per heavy atom. The number of nitrogens with two attached hydrogens (primary N) is 1. The number of rotatable bonds is 3. The van der Waals surface area contributed by atoms with Gasteiger partial charge in [-0.05, 0) is 35.0 Å². The van der Waals surface area contributed by atoms with E-state index in [1.807, 2.05) is 36.4 Å². The van der Waals surface area contributed by atoms with Crippen molar-refractivity contribution in [2.24, 2.45) is 5.73 Å². The van der Waals surface area contributed by atoms with E-state index in [0.717, 1.165) is 15.2 Å². The molecule has 4 heteroatoms. The molecule has 2 N–H and O–H groups in total. The van der Waals surface area contributed by atoms with Gasteiger partial charge in [-0.15, -0.1) is 0 Å². The summed E-state index contributed by atoms with van der Waals surface area (Å²) < 4.78 is 1.04. The lowest BCUT2D eigenvalue weighted by atomic mass is 10.1. The average Bonchev–Trinajstić information content (AvgIpc) is 2.37. The monoisotopic (exact) mass is 306 g/mol. The SMILES string of the molecule is CN(CCN)C(=O)c1ccc2cc(Br)ccc2c1. The number of likely N-dealkylation sites (N-methyl/N-ethyl adjacent to an activating group) is 1. The molecule has 3 nitrogen and oxygen atoms in total. The normalized spacial score (nSPS) is 10.6. The van der Waals surface area contributed by atoms with Crippen molar-refractivity contribution in [3.63, 3.8) is 0 Å². The summed E-state index contributed by atoms with van der Waals surface area (Å²) in [7, 11) is 1.76. The molecule has 0 atom stereocenters. The van der Waals surface area contributed by atoms with Crippen LogP contribution in [0.4, 0.5) is 0 Å². The number of benzene rings is 2. The molecule has 2 aromatic carbocycles. The molecule has 0 heterocycles. The molecule has 0 unspecified atom stereocenters. The van der Waals surface area contributed by atoms with Crippen LogP contribution < -0.4 is 5.73 Å². The number of hydrogen-bond donors (Lipinski definition) is 1. The molecule has 2 rings (SSSR count). The van der Waals surface area contributed by atoms with Gasteiger partial charge in [-0.3, -0.25) is 4.79 Å². The van der Waals surface area contributed by atoms with Gasteiger partial charge in [0.15, 0.2) is 0 Å². The van der Waals surface area contributed by atoms with Crippen molar-refractivity contribution in [2.45, 2.75) is 0 Å². The van der Waals surface area contributed by atoms with Crippen molar-refractivity contribution in [2.75, 3.05) is 20.1 Å². The fourth-order valence-electron chi connectivity index (χ4n) is 1.87. The molecule has 0 bridgehead atoms. The van der Waals surface area contributed by atoms with Gasteiger partial charge in [-0.1, -0.05) is 28.1 Å². The smallest absolute Gasteiger partial charge is 0.253 e. The Morgan fingerprint density at radius 2 is 1.89 bits per heavy atom. The number of hydrogen-bond acceptors (Lipinski definition) is 2. The first kappa shape index (κ1) is 13.1. The number of carbonyl (C=O) groups is 1. The highest BCUT2D eigenvalue weighted by Crippen LogP contribution is 2.21. The van der Waals surface area contributed by atoms with Gasteiger partial charge in [0, 0.05) is 30.2 Å². The summed E-state index contributed by atoms with van der Waals surface area (Å²) in [5.41, 5.74) is 6.15. The Balaban J connectivity index is 2.35. The molecule has 0 aliphatic rings. The van der Waals surface area contributed by atoms with Gasteiger partial charge in [0.05, 0.1) is 0 Å². The molecule has 0 aromatic heterocycles. The van der Waals surface area contributed by atoms with Crippen LogP contribution >= 0.6 is 15.9 Å². The van der Waals surface area contributed by atoms with E-state index in [9.17, 15) is 4.79 Å². The number of nitrogens with zero attached hydrogens (tertiary/aromatic N) is 1. The fourth-order valence-corrected chi connectivity index (χ4v) is 2.24. The highest BCUT2D eigenvalue weighted by Gasteiger charge is 2.11. The van der Waals surface area contributed by atoms with Gasteiger partial charge in [0.1, 0.15) is 0 Å². The molecule has 18 heavy (non-hydrogen) atoms. The summed E-state index contributed by atoms with van der Waals surface area (Å²) in [6.07, 6.45) is 0. The van der Waals surface area contributed by atoms with E-state index in [-0.39, 0.29) is 5.91 Å². The minimum Gasteiger partial charge on any atom is -0.340 e. The first-order valence-corrected chi connectivity index (χ1v) is 6.56. The summed E-state index contributed by atoms with van der Waals surface area (Å²) in [5.74, 6) is 0.00488. The highest BCUT2D eigenvalue weighted by atomic mass is 79.9. The lowest BCUT2D eigenvalue weighted by molar-refractivity contribution is 0.0799. The van der Waals surface area contributed by atoms with Crippen molar-refractivity contribution < 1.29 is 4.79 Å². The van der Waals surface area contributed by atoms with E-state index in [4.69, 9.17) is 5.73 Å². The summed E-state index contributed by atoms with van der Waals surface area (Å²) in [6.45, 7) is 1.04. The first-order chi connectivity index (χ1) is 8.61. The summed E-state index contributed by atoms with van der Waals surface area (Å²) in [5, 5.41) is 2.17. The quantitative estimate of drug-likeness (QED) is 0.947. The third-order valence-corrected chi connectivity index (χ3v) is 3.35. The summed E-state index contributed by atoms with van der Waals surface area (Å²) in [4.78, 5) is 13.7. The van der Waals surface area contributed by atoms with E-state index in [1.54, 1.807) is 11.9 Å². The summed E-state index contributed by atoms with van der Waals surface area (Å²) in [6, 6.07) is 11.7. The number of halogens is 1. The Bertz CT molecular complexity index is 583. The van der Waals surface area contributed by atoms with Crippen LogP contribution in [0.25, 0.3) is 10.8 Å². The third kappa shape index (κ3) is 2.71. The molecular formula is C14H15BrN2O. The molecule has 2 aromatic rings. The molecule has 1 amide bonds. The van der Waals surface area contributed by atoms with Crippen molar-refractivity contribution in [3.05, 3.63) is 46.4 Å². The van der Waals surface area contributed by atoms with Gasteiger partial charge in [-0.2, -0.15) is 0 Å². The minimum atomic E-state index is 0.00488. The van der Waals surface area contributed by atoms with Crippen LogP contribution in [0.3, 0.4) is 0 Å². The Labute approximate surface area is 115 Å². The van der Waals surface area contributed by atoms with Crippen molar-refractivity contribution in [1.82, 2.24) is 4.90 Å². The van der Waals surface area contributed by atoms with E-state index in [1.165, 1.54) is 0 Å². The molecule has 0 aliphatic heterocycles. The molecule has 0 radical (unpaired) electrons. The van der Waals surface area contributed by atoms with Crippen LogP contribution in [0.2, 0.25) is 0 Å². The standard InChI is InChI=1S/C14H15BrN2O/c1-17(7-6-16)14(18)12-3-2-11-9-13(15)5-4-10(11)8-12/h2-5,8-9H,6-7,16H2,1H3. The van der Waals surface area contributed by atoms with Gasteiger partial charge < -0.3 is 10.6 Å². The Hall–Kier alpha value is -1.39. The average molecular weight is 307 g/mol. The maximum atomic E-state index is 12.1. The predicted octanol–water partition coefficient (Wildman–Crippen LogP) is 2.63. The molecule has 0 saturated carbocycles. The number of carbonyl (C=O) groups excluding carboxylic acids is 1. The summed E-state index contributed by atoms with van der Waals surface area (Å²) >= 11 is 3.43. The van der Waals surface area contributed by atoms with Gasteiger partial charge in [0.2, 0.25) is 0 Å². The second-order valence-electron chi connectivity index (χ2n) is 4.22. The molecule has 94 valence electrons. The maximum absolute atomic E-state index is 12.1. The van der Waals surface area contributed by atoms with Gasteiger partial charge >= 0.3 is 0 Å². The third-order valence-electron chi connectivity index (χ3n) is 2.86. The molecule has 0 saturated heterocycles. The lowest BCUT2D eigenvalue weighted by Crippen LogP contribution is -2.31. The van der Waals surface area contributed by atoms with E-state index >= 15 is 0 Å². The molecule has 0 spiro atoms. The second kappa shape index (κ2) is 5.50. The van der Waals surface area contributed by atoms with Crippen LogP contribution in [0.1, 0.15) is 10.4 Å². The number of amides is 1. The Kier molecular flexibility index (Phi) is 3.99. The molecule has 0 aliphatic carbocycles. The zero-order chi connectivity index (χ0) is 13.1. The minimum absolute atomic E-state index is 0.00488. The first-order valence-electron chi connectivity index (χ1n) is 5.76. The Morgan fingerprint density at radius 1 is 1.22 bits per heavy atom. The van der Waals surface area contributed by atoms with Crippen LogP contribution in [0.15, 0.2) is 40.9 Å². The fraction of sp³-hybridized carbons (Fsp3) is 0.214. The predicted molar refractivity (Wildman–Crippen MR) is 77.7 cm³/mol. The zero-order valence-electron chi connectivity index (χ0n) is 10.2. The van der Waals surface area contributed by atoms with Crippen LogP contribution in [-0.2, 0) is 0 Å². The van der Waals surface area contributed by atoms with Crippen LogP contribution in [0, 0.1) is 0 Å². The topological polar surface area (TPSA) is 46.3 Å². The van der Waals surface area contributed by atoms with Crippen molar-refractivity contribution >= 4 is 32.6 Å². The van der Waals surface area contributed by atoms with E-state index < -0.39 is 0 Å². The van der Waals surface area contributed by atoms with Gasteiger partial charge in [0.25, 0.3) is 5.91 Å².